The molecule has 0 aliphatic carbocycles. The van der Waals surface area contributed by atoms with Gasteiger partial charge < -0.3 is 10.2 Å². The zero-order chi connectivity index (χ0) is 11.7. The molecule has 1 amide bonds. The van der Waals surface area contributed by atoms with Crippen molar-refractivity contribution in [2.24, 2.45) is 5.73 Å². The van der Waals surface area contributed by atoms with Crippen LogP contribution in [0.25, 0.3) is 11.5 Å². The molecule has 4 nitrogen and oxygen atoms in total. The highest BCUT2D eigenvalue weighted by molar-refractivity contribution is 6.30. The maximum Gasteiger partial charge on any atom is 0.270 e. The van der Waals surface area contributed by atoms with Crippen LogP contribution in [0.1, 0.15) is 16.2 Å². The molecule has 0 saturated heterocycles. The molecule has 0 aliphatic rings. The summed E-state index contributed by atoms with van der Waals surface area (Å²) in [5.74, 6) is 0.182. The molecule has 0 aliphatic heterocycles. The Morgan fingerprint density at radius 1 is 1.38 bits per heavy atom. The molecule has 0 bridgehead atoms. The van der Waals surface area contributed by atoms with Gasteiger partial charge in [0.15, 0.2) is 5.69 Å². The maximum absolute atomic E-state index is 11.0. The van der Waals surface area contributed by atoms with E-state index in [0.29, 0.717) is 16.7 Å². The van der Waals surface area contributed by atoms with Crippen molar-refractivity contribution in [1.29, 1.82) is 0 Å². The average molecular weight is 237 g/mol. The van der Waals surface area contributed by atoms with Crippen LogP contribution >= 0.6 is 11.6 Å². The van der Waals surface area contributed by atoms with Gasteiger partial charge in [-0.25, -0.2) is 4.98 Å². The number of primary amides is 1. The number of halogens is 1. The number of nitrogens with two attached hydrogens (primary N) is 1. The highest BCUT2D eigenvalue weighted by Gasteiger charge is 2.15. The molecule has 1 aromatic carbocycles. The van der Waals surface area contributed by atoms with Crippen molar-refractivity contribution in [1.82, 2.24) is 4.98 Å². The molecule has 0 saturated carbocycles. The van der Waals surface area contributed by atoms with Crippen molar-refractivity contribution in [2.45, 2.75) is 6.92 Å². The Hall–Kier alpha value is -1.81. The number of aryl methyl sites for hydroxylation is 1. The van der Waals surface area contributed by atoms with E-state index in [4.69, 9.17) is 21.8 Å². The van der Waals surface area contributed by atoms with E-state index in [9.17, 15) is 4.79 Å². The zero-order valence-electron chi connectivity index (χ0n) is 8.53. The first kappa shape index (κ1) is 10.7. The van der Waals surface area contributed by atoms with Crippen LogP contribution in [-0.2, 0) is 0 Å². The summed E-state index contributed by atoms with van der Waals surface area (Å²) in [6, 6.07) is 6.97. The van der Waals surface area contributed by atoms with E-state index in [2.05, 4.69) is 4.98 Å². The van der Waals surface area contributed by atoms with Crippen LogP contribution in [-0.4, -0.2) is 10.9 Å². The van der Waals surface area contributed by atoms with Crippen LogP contribution in [0.3, 0.4) is 0 Å². The molecule has 0 spiro atoms. The fraction of sp³-hybridized carbons (Fsp3) is 0.0909. The fourth-order valence-corrected chi connectivity index (χ4v) is 1.47. The lowest BCUT2D eigenvalue weighted by Gasteiger charge is -1.94. The minimum absolute atomic E-state index is 0.157. The molecule has 0 atom stereocenters. The molecule has 0 unspecified atom stereocenters. The minimum Gasteiger partial charge on any atom is -0.441 e. The molecule has 82 valence electrons. The van der Waals surface area contributed by atoms with E-state index < -0.39 is 5.91 Å². The summed E-state index contributed by atoms with van der Waals surface area (Å²) in [6.45, 7) is 1.65. The second-order valence-electron chi connectivity index (χ2n) is 3.29. The molecule has 16 heavy (non-hydrogen) atoms. The van der Waals surface area contributed by atoms with E-state index in [0.717, 1.165) is 5.56 Å². The first-order valence-corrected chi connectivity index (χ1v) is 4.99. The summed E-state index contributed by atoms with van der Waals surface area (Å²) in [5, 5.41) is 0.627. The second-order valence-corrected chi connectivity index (χ2v) is 3.73. The van der Waals surface area contributed by atoms with Gasteiger partial charge in [-0.2, -0.15) is 0 Å². The summed E-state index contributed by atoms with van der Waals surface area (Å²) in [7, 11) is 0. The van der Waals surface area contributed by atoms with Crippen molar-refractivity contribution in [3.8, 4) is 11.5 Å². The lowest BCUT2D eigenvalue weighted by atomic mass is 10.2. The number of rotatable bonds is 2. The number of hydrogen-bond acceptors (Lipinski definition) is 3. The number of carbonyl (C=O) groups is 1. The fourth-order valence-electron chi connectivity index (χ4n) is 1.34. The van der Waals surface area contributed by atoms with E-state index in [1.54, 1.807) is 31.2 Å². The number of carbonyl (C=O) groups excluding carboxylic acids is 1. The molecular formula is C11H9ClN2O2. The standard InChI is InChI=1S/C11H9ClN2O2/c1-6-9(10(13)15)14-11(16-6)7-2-4-8(12)5-3-7/h2-5H,1H3,(H2,13,15). The third-order valence-corrected chi connectivity index (χ3v) is 2.37. The summed E-state index contributed by atoms with van der Waals surface area (Å²) in [6.07, 6.45) is 0. The molecule has 0 radical (unpaired) electrons. The normalized spacial score (nSPS) is 10.4. The quantitative estimate of drug-likeness (QED) is 0.871. The summed E-state index contributed by atoms with van der Waals surface area (Å²) >= 11 is 5.76. The third-order valence-electron chi connectivity index (χ3n) is 2.12. The Morgan fingerprint density at radius 3 is 2.50 bits per heavy atom. The van der Waals surface area contributed by atoms with Crippen LogP contribution < -0.4 is 5.73 Å². The third kappa shape index (κ3) is 1.92. The van der Waals surface area contributed by atoms with Gasteiger partial charge in [0.25, 0.3) is 5.91 Å². The Kier molecular flexibility index (Phi) is 2.66. The van der Waals surface area contributed by atoms with Crippen molar-refractivity contribution in [3.63, 3.8) is 0 Å². The zero-order valence-corrected chi connectivity index (χ0v) is 9.28. The maximum atomic E-state index is 11.0. The van der Waals surface area contributed by atoms with Crippen LogP contribution in [0, 0.1) is 6.92 Å². The Bertz CT molecular complexity index is 531. The minimum atomic E-state index is -0.596. The Balaban J connectivity index is 2.45. The molecular weight excluding hydrogens is 228 g/mol. The van der Waals surface area contributed by atoms with Crippen LogP contribution in [0.4, 0.5) is 0 Å². The van der Waals surface area contributed by atoms with Gasteiger partial charge in [-0.1, -0.05) is 11.6 Å². The SMILES string of the molecule is Cc1oc(-c2ccc(Cl)cc2)nc1C(N)=O. The smallest absolute Gasteiger partial charge is 0.270 e. The first-order valence-electron chi connectivity index (χ1n) is 4.61. The van der Waals surface area contributed by atoms with E-state index in [1.807, 2.05) is 0 Å². The average Bonchev–Trinajstić information content (AvgIpc) is 2.61. The van der Waals surface area contributed by atoms with Gasteiger partial charge in [0.1, 0.15) is 5.76 Å². The molecule has 2 N–H and O–H groups in total. The Labute approximate surface area is 97.0 Å². The van der Waals surface area contributed by atoms with Crippen LogP contribution in [0.5, 0.6) is 0 Å². The van der Waals surface area contributed by atoms with Crippen molar-refractivity contribution < 1.29 is 9.21 Å². The van der Waals surface area contributed by atoms with Gasteiger partial charge in [-0.15, -0.1) is 0 Å². The number of oxazole rings is 1. The molecule has 2 rings (SSSR count). The van der Waals surface area contributed by atoms with Gasteiger partial charge in [0.05, 0.1) is 0 Å². The highest BCUT2D eigenvalue weighted by Crippen LogP contribution is 2.22. The number of amides is 1. The van der Waals surface area contributed by atoms with Crippen molar-refractivity contribution in [2.75, 3.05) is 0 Å². The van der Waals surface area contributed by atoms with Crippen LogP contribution in [0.2, 0.25) is 5.02 Å². The second kappa shape index (κ2) is 3.98. The van der Waals surface area contributed by atoms with E-state index in [1.165, 1.54) is 0 Å². The predicted octanol–water partition coefficient (Wildman–Crippen LogP) is 2.40. The lowest BCUT2D eigenvalue weighted by Crippen LogP contribution is -2.12. The van der Waals surface area contributed by atoms with Gasteiger partial charge >= 0.3 is 0 Å². The molecule has 1 aromatic heterocycles. The molecule has 5 heteroatoms. The van der Waals surface area contributed by atoms with E-state index in [-0.39, 0.29) is 5.69 Å². The monoisotopic (exact) mass is 236 g/mol. The number of nitrogens with zero attached hydrogens (tertiary/aromatic N) is 1. The van der Waals surface area contributed by atoms with E-state index >= 15 is 0 Å². The van der Waals surface area contributed by atoms with Crippen molar-refractivity contribution >= 4 is 17.5 Å². The number of benzene rings is 1. The van der Waals surface area contributed by atoms with Gasteiger partial charge in [-0.05, 0) is 31.2 Å². The van der Waals surface area contributed by atoms with Crippen LogP contribution in [0.15, 0.2) is 28.7 Å². The van der Waals surface area contributed by atoms with Gasteiger partial charge in [0.2, 0.25) is 5.89 Å². The molecule has 0 fully saturated rings. The van der Waals surface area contributed by atoms with Gasteiger partial charge in [-0.3, -0.25) is 4.79 Å². The molecule has 1 heterocycles. The first-order chi connectivity index (χ1) is 7.58. The number of hydrogen-bond donors (Lipinski definition) is 1. The lowest BCUT2D eigenvalue weighted by molar-refractivity contribution is 0.0995. The largest absolute Gasteiger partial charge is 0.441 e. The summed E-state index contributed by atoms with van der Waals surface area (Å²) < 4.78 is 5.35. The number of aromatic nitrogens is 1. The topological polar surface area (TPSA) is 69.1 Å². The highest BCUT2D eigenvalue weighted by atomic mass is 35.5. The summed E-state index contributed by atoms with van der Waals surface area (Å²) in [4.78, 5) is 15.0. The Morgan fingerprint density at radius 2 is 2.00 bits per heavy atom. The van der Waals surface area contributed by atoms with Gasteiger partial charge in [0, 0.05) is 10.6 Å². The van der Waals surface area contributed by atoms with Crippen molar-refractivity contribution in [3.05, 3.63) is 40.7 Å². The summed E-state index contributed by atoms with van der Waals surface area (Å²) in [5.41, 5.74) is 6.05. The predicted molar refractivity (Wildman–Crippen MR) is 60.2 cm³/mol. The molecule has 2 aromatic rings.